The molecular formula is C30H45NO10. The van der Waals surface area contributed by atoms with Gasteiger partial charge in [0.2, 0.25) is 0 Å². The first-order chi connectivity index (χ1) is 19.3. The molecule has 4 atom stereocenters. The number of aliphatic carboxylic acids is 1. The lowest BCUT2D eigenvalue weighted by Crippen LogP contribution is -2.43. The van der Waals surface area contributed by atoms with Gasteiger partial charge in [0.25, 0.3) is 0 Å². The van der Waals surface area contributed by atoms with Crippen LogP contribution in [0, 0.1) is 23.7 Å². The Morgan fingerprint density at radius 3 is 1.90 bits per heavy atom. The van der Waals surface area contributed by atoms with E-state index in [0.29, 0.717) is 5.56 Å². The lowest BCUT2D eigenvalue weighted by Gasteiger charge is -2.33. The maximum absolute atomic E-state index is 12.8. The number of esters is 1. The lowest BCUT2D eigenvalue weighted by molar-refractivity contribution is -0.157. The molecule has 41 heavy (non-hydrogen) atoms. The number of nitrogens with two attached hydrogens (primary N) is 1. The SMILES string of the molecule is CC(C)COC(=O)Oc1ccc(C(C(C)C(C)OC(=O)C2CCCCC2)[C@H](N)C(=O)O)cc1OC(=O)OCC(C)C. The number of benzene rings is 1. The Kier molecular flexibility index (Phi) is 13.4. The number of ether oxygens (including phenoxy) is 5. The largest absolute Gasteiger partial charge is 0.513 e. The third-order valence-electron chi connectivity index (χ3n) is 7.03. The highest BCUT2D eigenvalue weighted by Crippen LogP contribution is 2.38. The quantitative estimate of drug-likeness (QED) is 0.168. The van der Waals surface area contributed by atoms with E-state index in [4.69, 9.17) is 29.4 Å². The van der Waals surface area contributed by atoms with Crippen LogP contribution in [-0.2, 0) is 23.8 Å². The molecule has 230 valence electrons. The molecule has 0 amide bonds. The van der Waals surface area contributed by atoms with Crippen molar-refractivity contribution >= 4 is 24.2 Å². The Bertz CT molecular complexity index is 1030. The Hall–Kier alpha value is -3.34. The summed E-state index contributed by atoms with van der Waals surface area (Å²) in [5.74, 6) is -3.33. The summed E-state index contributed by atoms with van der Waals surface area (Å²) in [6, 6.07) is 2.88. The smallest absolute Gasteiger partial charge is 0.480 e. The molecular weight excluding hydrogens is 534 g/mol. The van der Waals surface area contributed by atoms with Crippen molar-refractivity contribution < 1.29 is 48.0 Å². The van der Waals surface area contributed by atoms with Gasteiger partial charge in [-0.15, -0.1) is 0 Å². The van der Waals surface area contributed by atoms with Crippen LogP contribution in [0.1, 0.15) is 85.1 Å². The molecule has 0 radical (unpaired) electrons. The fraction of sp³-hybridized carbons (Fsp3) is 0.667. The summed E-state index contributed by atoms with van der Waals surface area (Å²) in [5.41, 5.74) is 6.52. The van der Waals surface area contributed by atoms with Crippen molar-refractivity contribution in [3.05, 3.63) is 23.8 Å². The molecule has 1 aromatic carbocycles. The van der Waals surface area contributed by atoms with Gasteiger partial charge < -0.3 is 34.5 Å². The molecule has 1 saturated carbocycles. The number of carboxylic acid groups (broad SMARTS) is 1. The monoisotopic (exact) mass is 579 g/mol. The summed E-state index contributed by atoms with van der Waals surface area (Å²) >= 11 is 0. The van der Waals surface area contributed by atoms with Crippen molar-refractivity contribution in [3.63, 3.8) is 0 Å². The standard InChI is InChI=1S/C30H45NO10/c1-17(2)15-37-29(35)40-23-13-12-22(14-24(23)41-30(36)38-16-18(3)4)25(26(31)27(32)33)19(5)20(6)39-28(34)21-10-8-7-9-11-21/h12-14,17-21,25-26H,7-11,15-16,31H2,1-6H3,(H,32,33)/t19?,20?,25?,26-/m0/s1. The van der Waals surface area contributed by atoms with Crippen LogP contribution in [0.2, 0.25) is 0 Å². The Labute approximate surface area is 242 Å². The number of hydrogen-bond donors (Lipinski definition) is 2. The zero-order valence-electron chi connectivity index (χ0n) is 24.9. The molecule has 1 aliphatic carbocycles. The Morgan fingerprint density at radius 1 is 0.854 bits per heavy atom. The van der Waals surface area contributed by atoms with Crippen LogP contribution in [0.5, 0.6) is 11.5 Å². The third kappa shape index (κ3) is 10.9. The average molecular weight is 580 g/mol. The van der Waals surface area contributed by atoms with Gasteiger partial charge in [0.15, 0.2) is 11.5 Å². The van der Waals surface area contributed by atoms with Crippen molar-refractivity contribution in [1.29, 1.82) is 0 Å². The maximum atomic E-state index is 12.8. The molecule has 0 spiro atoms. The van der Waals surface area contributed by atoms with E-state index in [0.717, 1.165) is 32.1 Å². The van der Waals surface area contributed by atoms with E-state index in [-0.39, 0.29) is 48.4 Å². The van der Waals surface area contributed by atoms with Crippen molar-refractivity contribution in [2.24, 2.45) is 29.4 Å². The van der Waals surface area contributed by atoms with Gasteiger partial charge in [-0.2, -0.15) is 0 Å². The van der Waals surface area contributed by atoms with E-state index in [1.165, 1.54) is 18.2 Å². The fourth-order valence-electron chi connectivity index (χ4n) is 4.61. The second-order valence-electron chi connectivity index (χ2n) is 11.5. The van der Waals surface area contributed by atoms with Gasteiger partial charge in [0.05, 0.1) is 19.1 Å². The molecule has 0 heterocycles. The normalized spacial score (nSPS) is 16.8. The molecule has 0 bridgehead atoms. The summed E-state index contributed by atoms with van der Waals surface area (Å²) in [6.07, 6.45) is 1.88. The van der Waals surface area contributed by atoms with Gasteiger partial charge >= 0.3 is 24.2 Å². The fourth-order valence-corrected chi connectivity index (χ4v) is 4.61. The van der Waals surface area contributed by atoms with Gasteiger partial charge in [-0.3, -0.25) is 9.59 Å². The molecule has 0 aliphatic heterocycles. The Balaban J connectivity index is 2.37. The van der Waals surface area contributed by atoms with Crippen LogP contribution in [0.3, 0.4) is 0 Å². The average Bonchev–Trinajstić information content (AvgIpc) is 2.92. The Morgan fingerprint density at radius 2 is 1.39 bits per heavy atom. The van der Waals surface area contributed by atoms with Crippen LogP contribution in [-0.4, -0.2) is 54.7 Å². The van der Waals surface area contributed by atoms with Crippen LogP contribution >= 0.6 is 0 Å². The molecule has 1 aromatic rings. The molecule has 3 N–H and O–H groups in total. The highest BCUT2D eigenvalue weighted by molar-refractivity contribution is 5.75. The molecule has 11 heteroatoms. The molecule has 2 rings (SSSR count). The van der Waals surface area contributed by atoms with E-state index in [1.807, 2.05) is 27.7 Å². The molecule has 11 nitrogen and oxygen atoms in total. The number of carbonyl (C=O) groups is 4. The van der Waals surface area contributed by atoms with Gasteiger partial charge in [-0.05, 0) is 49.3 Å². The lowest BCUT2D eigenvalue weighted by atomic mass is 9.79. The van der Waals surface area contributed by atoms with E-state index in [1.54, 1.807) is 13.8 Å². The van der Waals surface area contributed by atoms with Gasteiger partial charge in [0.1, 0.15) is 12.1 Å². The highest BCUT2D eigenvalue weighted by atomic mass is 16.7. The van der Waals surface area contributed by atoms with Crippen LogP contribution < -0.4 is 15.2 Å². The zero-order valence-corrected chi connectivity index (χ0v) is 24.9. The minimum atomic E-state index is -1.38. The van der Waals surface area contributed by atoms with E-state index in [2.05, 4.69) is 0 Å². The first-order valence-corrected chi connectivity index (χ1v) is 14.3. The molecule has 3 unspecified atom stereocenters. The first-order valence-electron chi connectivity index (χ1n) is 14.3. The van der Waals surface area contributed by atoms with Crippen molar-refractivity contribution in [1.82, 2.24) is 0 Å². The predicted octanol–water partition coefficient (Wildman–Crippen LogP) is 5.67. The van der Waals surface area contributed by atoms with Crippen molar-refractivity contribution in [2.45, 2.75) is 91.7 Å². The van der Waals surface area contributed by atoms with Gasteiger partial charge in [0, 0.05) is 11.8 Å². The van der Waals surface area contributed by atoms with E-state index < -0.39 is 42.3 Å². The molecule has 1 fully saturated rings. The number of carboxylic acids is 1. The van der Waals surface area contributed by atoms with Gasteiger partial charge in [-0.1, -0.05) is 59.9 Å². The zero-order chi connectivity index (χ0) is 30.7. The van der Waals surface area contributed by atoms with E-state index in [9.17, 15) is 24.3 Å². The molecule has 0 saturated heterocycles. The minimum absolute atomic E-state index is 0.0484. The van der Waals surface area contributed by atoms with Crippen molar-refractivity contribution in [2.75, 3.05) is 13.2 Å². The second kappa shape index (κ2) is 16.2. The molecule has 1 aliphatic rings. The number of hydrogen-bond acceptors (Lipinski definition) is 10. The molecule has 0 aromatic heterocycles. The number of rotatable bonds is 13. The highest BCUT2D eigenvalue weighted by Gasteiger charge is 2.37. The summed E-state index contributed by atoms with van der Waals surface area (Å²) < 4.78 is 26.6. The van der Waals surface area contributed by atoms with E-state index >= 15 is 0 Å². The first kappa shape index (κ1) is 33.9. The topological polar surface area (TPSA) is 161 Å². The van der Waals surface area contributed by atoms with Crippen LogP contribution in [0.25, 0.3) is 0 Å². The predicted molar refractivity (Wildman–Crippen MR) is 150 cm³/mol. The summed E-state index contributed by atoms with van der Waals surface area (Å²) in [6.45, 7) is 11.1. The van der Waals surface area contributed by atoms with Gasteiger partial charge in [-0.25, -0.2) is 9.59 Å². The van der Waals surface area contributed by atoms with Crippen molar-refractivity contribution in [3.8, 4) is 11.5 Å². The van der Waals surface area contributed by atoms with Crippen LogP contribution in [0.4, 0.5) is 9.59 Å². The third-order valence-corrected chi connectivity index (χ3v) is 7.03. The minimum Gasteiger partial charge on any atom is -0.480 e. The van der Waals surface area contributed by atoms with Crippen LogP contribution in [0.15, 0.2) is 18.2 Å². The number of carbonyl (C=O) groups excluding carboxylic acids is 3. The summed E-state index contributed by atoms with van der Waals surface area (Å²) in [4.78, 5) is 49.5. The maximum Gasteiger partial charge on any atom is 0.513 e. The summed E-state index contributed by atoms with van der Waals surface area (Å²) in [5, 5.41) is 9.82. The summed E-state index contributed by atoms with van der Waals surface area (Å²) in [7, 11) is 0. The second-order valence-corrected chi connectivity index (χ2v) is 11.5.